The van der Waals surface area contributed by atoms with Crippen molar-refractivity contribution in [1.29, 1.82) is 0 Å². The van der Waals surface area contributed by atoms with E-state index in [4.69, 9.17) is 4.74 Å². The molecule has 29 heavy (non-hydrogen) atoms. The van der Waals surface area contributed by atoms with E-state index in [2.05, 4.69) is 18.2 Å². The summed E-state index contributed by atoms with van der Waals surface area (Å²) in [5, 5.41) is 0. The zero-order valence-corrected chi connectivity index (χ0v) is 16.7. The van der Waals surface area contributed by atoms with Crippen LogP contribution >= 0.6 is 0 Å². The Hall–Kier alpha value is -2.42. The Balaban J connectivity index is 1.17. The first-order valence-electron chi connectivity index (χ1n) is 11.0. The first kappa shape index (κ1) is 17.4. The lowest BCUT2D eigenvalue weighted by molar-refractivity contribution is -0.170. The summed E-state index contributed by atoms with van der Waals surface area (Å²) >= 11 is 0. The molecule has 148 valence electrons. The highest BCUT2D eigenvalue weighted by molar-refractivity contribution is 6.00. The fraction of sp³-hybridized carbons (Fsp3) is 0.462. The second-order valence-corrected chi connectivity index (χ2v) is 9.90. The van der Waals surface area contributed by atoms with Gasteiger partial charge in [0.25, 0.3) is 0 Å². The number of hydrogen-bond donors (Lipinski definition) is 0. The lowest BCUT2D eigenvalue weighted by Gasteiger charge is -2.55. The van der Waals surface area contributed by atoms with Crippen LogP contribution < -0.4 is 0 Å². The van der Waals surface area contributed by atoms with Gasteiger partial charge in [-0.2, -0.15) is 0 Å². The maximum atomic E-state index is 13.0. The number of esters is 1. The van der Waals surface area contributed by atoms with Crippen LogP contribution in [-0.4, -0.2) is 18.4 Å². The molecule has 0 heterocycles. The minimum Gasteiger partial charge on any atom is -0.457 e. The van der Waals surface area contributed by atoms with Crippen LogP contribution in [0.25, 0.3) is 11.1 Å². The molecule has 0 spiro atoms. The van der Waals surface area contributed by atoms with E-state index in [0.29, 0.717) is 23.3 Å². The molecule has 0 radical (unpaired) electrons. The number of carbonyl (C=O) groups is 2. The molecule has 0 unspecified atom stereocenters. The Bertz CT molecular complexity index is 983. The highest BCUT2D eigenvalue weighted by Gasteiger charge is 2.55. The van der Waals surface area contributed by atoms with Crippen LogP contribution in [0.1, 0.15) is 60.0 Å². The molecule has 7 rings (SSSR count). The summed E-state index contributed by atoms with van der Waals surface area (Å²) in [6, 6.07) is 14.3. The minimum atomic E-state index is -0.300. The normalized spacial score (nSPS) is 30.7. The number of carbonyl (C=O) groups excluding carboxylic acids is 2. The summed E-state index contributed by atoms with van der Waals surface area (Å²) in [4.78, 5) is 25.8. The topological polar surface area (TPSA) is 43.4 Å². The number of ketones is 1. The summed E-state index contributed by atoms with van der Waals surface area (Å²) in [6.07, 6.45) is 7.72. The van der Waals surface area contributed by atoms with Gasteiger partial charge >= 0.3 is 5.97 Å². The second-order valence-electron chi connectivity index (χ2n) is 9.90. The minimum absolute atomic E-state index is 0.102. The molecule has 0 aromatic heterocycles. The molecule has 5 aliphatic carbocycles. The van der Waals surface area contributed by atoms with E-state index in [9.17, 15) is 9.59 Å². The number of rotatable bonds is 4. The number of ether oxygens (including phenoxy) is 1. The van der Waals surface area contributed by atoms with Gasteiger partial charge in [-0.3, -0.25) is 9.59 Å². The van der Waals surface area contributed by atoms with Gasteiger partial charge in [-0.25, -0.2) is 0 Å². The van der Waals surface area contributed by atoms with E-state index in [0.717, 1.165) is 31.2 Å². The monoisotopic (exact) mass is 386 g/mol. The van der Waals surface area contributed by atoms with Gasteiger partial charge in [0.1, 0.15) is 0 Å². The van der Waals surface area contributed by atoms with Crippen LogP contribution in [-0.2, 0) is 16.0 Å². The Morgan fingerprint density at radius 2 is 1.52 bits per heavy atom. The van der Waals surface area contributed by atoms with Crippen LogP contribution in [0, 0.1) is 23.2 Å². The third-order valence-electron chi connectivity index (χ3n) is 7.93. The van der Waals surface area contributed by atoms with Gasteiger partial charge in [-0.15, -0.1) is 0 Å². The van der Waals surface area contributed by atoms with Crippen molar-refractivity contribution in [1.82, 2.24) is 0 Å². The van der Waals surface area contributed by atoms with Crippen LogP contribution in [0.2, 0.25) is 0 Å². The zero-order valence-electron chi connectivity index (χ0n) is 16.7. The van der Waals surface area contributed by atoms with Crippen molar-refractivity contribution in [2.24, 2.45) is 23.2 Å². The van der Waals surface area contributed by atoms with Crippen molar-refractivity contribution in [2.45, 2.75) is 44.9 Å². The number of Topliss-reactive ketones (excluding diaryl/α,β-unsaturated/α-hetero) is 1. The Labute approximate surface area is 171 Å². The summed E-state index contributed by atoms with van der Waals surface area (Å²) < 4.78 is 5.64. The molecule has 2 aromatic rings. The summed E-state index contributed by atoms with van der Waals surface area (Å²) in [7, 11) is 0. The van der Waals surface area contributed by atoms with Gasteiger partial charge in [0.05, 0.1) is 5.41 Å². The standard InChI is InChI=1S/C26H26O3/c27-24(21-6-5-20-10-19-3-1-2-4-22(19)23(20)11-21)15-29-25(28)26-12-16-7-17(13-26)9-18(8-16)14-26/h1-6,11,16-18H,7-10,12-15H2. The smallest absolute Gasteiger partial charge is 0.312 e. The maximum absolute atomic E-state index is 13.0. The predicted molar refractivity (Wildman–Crippen MR) is 111 cm³/mol. The fourth-order valence-electron chi connectivity index (χ4n) is 7.03. The van der Waals surface area contributed by atoms with Crippen LogP contribution in [0.3, 0.4) is 0 Å². The molecule has 2 aromatic carbocycles. The van der Waals surface area contributed by atoms with Crippen LogP contribution in [0.5, 0.6) is 0 Å². The molecule has 3 heteroatoms. The second kappa shape index (κ2) is 6.29. The molecule has 5 aliphatic rings. The Morgan fingerprint density at radius 3 is 2.24 bits per heavy atom. The molecule has 0 aliphatic heterocycles. The quantitative estimate of drug-likeness (QED) is 0.457. The summed E-state index contributed by atoms with van der Waals surface area (Å²) in [5.41, 5.74) is 5.25. The molecule has 4 bridgehead atoms. The van der Waals surface area contributed by atoms with E-state index < -0.39 is 0 Å². The molecular weight excluding hydrogens is 360 g/mol. The van der Waals surface area contributed by atoms with Crippen molar-refractivity contribution >= 4 is 11.8 Å². The van der Waals surface area contributed by atoms with Crippen LogP contribution in [0.15, 0.2) is 42.5 Å². The Morgan fingerprint density at radius 1 is 0.862 bits per heavy atom. The third-order valence-corrected chi connectivity index (χ3v) is 7.93. The van der Waals surface area contributed by atoms with Gasteiger partial charge in [0.15, 0.2) is 12.4 Å². The van der Waals surface area contributed by atoms with Crippen LogP contribution in [0.4, 0.5) is 0 Å². The van der Waals surface area contributed by atoms with E-state index in [1.54, 1.807) is 0 Å². The van der Waals surface area contributed by atoms with Gasteiger partial charge < -0.3 is 4.74 Å². The number of fused-ring (bicyclic) bond motifs is 3. The number of benzene rings is 2. The fourth-order valence-corrected chi connectivity index (χ4v) is 7.03. The van der Waals surface area contributed by atoms with E-state index in [-0.39, 0.29) is 23.8 Å². The molecule has 3 nitrogen and oxygen atoms in total. The molecular formula is C26H26O3. The third kappa shape index (κ3) is 2.78. The average molecular weight is 386 g/mol. The first-order valence-corrected chi connectivity index (χ1v) is 11.0. The van der Waals surface area contributed by atoms with Gasteiger partial charge in [0.2, 0.25) is 0 Å². The van der Waals surface area contributed by atoms with E-state index in [1.807, 2.05) is 24.3 Å². The van der Waals surface area contributed by atoms with Crippen molar-refractivity contribution in [3.63, 3.8) is 0 Å². The van der Waals surface area contributed by atoms with Gasteiger partial charge in [-0.05, 0) is 91.0 Å². The summed E-state index contributed by atoms with van der Waals surface area (Å²) in [5.74, 6) is 1.87. The zero-order chi connectivity index (χ0) is 19.6. The van der Waals surface area contributed by atoms with Gasteiger partial charge in [0, 0.05) is 5.56 Å². The molecule has 0 N–H and O–H groups in total. The molecule has 0 saturated heterocycles. The molecule has 0 atom stereocenters. The highest BCUT2D eigenvalue weighted by Crippen LogP contribution is 2.60. The molecule has 4 fully saturated rings. The first-order chi connectivity index (χ1) is 14.1. The SMILES string of the molecule is O=C(COC(=O)C12CC3CC(CC(C3)C1)C2)c1ccc2c(c1)-c1ccccc1C2. The Kier molecular flexibility index (Phi) is 3.78. The predicted octanol–water partition coefficient (Wildman–Crippen LogP) is 5.20. The van der Waals surface area contributed by atoms with E-state index >= 15 is 0 Å². The highest BCUT2D eigenvalue weighted by atomic mass is 16.5. The summed E-state index contributed by atoms with van der Waals surface area (Å²) in [6.45, 7) is -0.138. The largest absolute Gasteiger partial charge is 0.457 e. The average Bonchev–Trinajstić information content (AvgIpc) is 3.08. The maximum Gasteiger partial charge on any atom is 0.312 e. The van der Waals surface area contributed by atoms with Gasteiger partial charge in [-0.1, -0.05) is 36.4 Å². The van der Waals surface area contributed by atoms with Crippen molar-refractivity contribution in [2.75, 3.05) is 6.61 Å². The van der Waals surface area contributed by atoms with Crippen molar-refractivity contribution in [3.8, 4) is 11.1 Å². The van der Waals surface area contributed by atoms with E-state index in [1.165, 1.54) is 36.0 Å². The lowest BCUT2D eigenvalue weighted by Crippen LogP contribution is -2.50. The molecule has 4 saturated carbocycles. The molecule has 0 amide bonds. The van der Waals surface area contributed by atoms with Crippen molar-refractivity contribution < 1.29 is 14.3 Å². The number of hydrogen-bond acceptors (Lipinski definition) is 3. The van der Waals surface area contributed by atoms with Crippen molar-refractivity contribution in [3.05, 3.63) is 59.2 Å². The lowest BCUT2D eigenvalue weighted by atomic mass is 9.49.